The van der Waals surface area contributed by atoms with Crippen LogP contribution in [-0.2, 0) is 0 Å². The fourth-order valence-corrected chi connectivity index (χ4v) is 1.94. The van der Waals surface area contributed by atoms with Crippen LogP contribution in [0.5, 0.6) is 5.75 Å². The minimum Gasteiger partial charge on any atom is -0.492 e. The van der Waals surface area contributed by atoms with Crippen LogP contribution < -0.4 is 15.8 Å². The predicted octanol–water partition coefficient (Wildman–Crippen LogP) is 4.37. The van der Waals surface area contributed by atoms with Gasteiger partial charge in [-0.2, -0.15) is 0 Å². The zero-order valence-electron chi connectivity index (χ0n) is 11.0. The fourth-order valence-electron chi connectivity index (χ4n) is 1.76. The van der Waals surface area contributed by atoms with Crippen LogP contribution in [0.3, 0.4) is 0 Å². The van der Waals surface area contributed by atoms with E-state index in [9.17, 15) is 0 Å². The second kappa shape index (κ2) is 5.85. The third kappa shape index (κ3) is 3.12. The Morgan fingerprint density at radius 1 is 1.26 bits per heavy atom. The number of ether oxygens (including phenoxy) is 1. The SMILES string of the molecule is CCOc1cccc(Nc2ccc(C)c(Cl)c2)c1N. The number of benzene rings is 2. The summed E-state index contributed by atoms with van der Waals surface area (Å²) in [5.41, 5.74) is 9.42. The van der Waals surface area contributed by atoms with Crippen LogP contribution >= 0.6 is 11.6 Å². The average molecular weight is 277 g/mol. The van der Waals surface area contributed by atoms with Crippen molar-refractivity contribution < 1.29 is 4.74 Å². The summed E-state index contributed by atoms with van der Waals surface area (Å²) >= 11 is 6.10. The molecular formula is C15H17ClN2O. The molecule has 0 heterocycles. The highest BCUT2D eigenvalue weighted by Crippen LogP contribution is 2.32. The molecule has 3 nitrogen and oxygen atoms in total. The molecule has 4 heteroatoms. The first-order valence-electron chi connectivity index (χ1n) is 6.16. The molecule has 3 N–H and O–H groups in total. The van der Waals surface area contributed by atoms with Gasteiger partial charge in [0.05, 0.1) is 18.0 Å². The van der Waals surface area contributed by atoms with Crippen molar-refractivity contribution in [3.05, 3.63) is 47.0 Å². The van der Waals surface area contributed by atoms with Crippen LogP contribution in [0.1, 0.15) is 12.5 Å². The van der Waals surface area contributed by atoms with Gasteiger partial charge in [-0.1, -0.05) is 23.7 Å². The monoisotopic (exact) mass is 276 g/mol. The van der Waals surface area contributed by atoms with Crippen LogP contribution in [0.4, 0.5) is 17.1 Å². The number of nitrogens with two attached hydrogens (primary N) is 1. The number of rotatable bonds is 4. The van der Waals surface area contributed by atoms with Gasteiger partial charge in [0.2, 0.25) is 0 Å². The number of anilines is 3. The molecule has 2 rings (SSSR count). The van der Waals surface area contributed by atoms with E-state index < -0.39 is 0 Å². The second-order valence-corrected chi connectivity index (χ2v) is 4.65. The molecule has 0 bridgehead atoms. The summed E-state index contributed by atoms with van der Waals surface area (Å²) in [4.78, 5) is 0. The Bertz CT molecular complexity index is 584. The number of halogens is 1. The lowest BCUT2D eigenvalue weighted by Crippen LogP contribution is -2.01. The Kier molecular flexibility index (Phi) is 4.17. The van der Waals surface area contributed by atoms with Crippen LogP contribution in [-0.4, -0.2) is 6.61 Å². The van der Waals surface area contributed by atoms with E-state index in [-0.39, 0.29) is 0 Å². The molecule has 19 heavy (non-hydrogen) atoms. The van der Waals surface area contributed by atoms with Crippen molar-refractivity contribution in [1.29, 1.82) is 0 Å². The zero-order valence-corrected chi connectivity index (χ0v) is 11.8. The lowest BCUT2D eigenvalue weighted by Gasteiger charge is -2.13. The molecule has 0 aliphatic rings. The summed E-state index contributed by atoms with van der Waals surface area (Å²) < 4.78 is 5.47. The standard InChI is InChI=1S/C15H17ClN2O/c1-3-19-14-6-4-5-13(15(14)17)18-11-8-7-10(2)12(16)9-11/h4-9,18H,3,17H2,1-2H3. The Labute approximate surface area is 118 Å². The first-order valence-corrected chi connectivity index (χ1v) is 6.54. The molecule has 0 atom stereocenters. The number of aryl methyl sites for hydroxylation is 1. The smallest absolute Gasteiger partial charge is 0.144 e. The van der Waals surface area contributed by atoms with Crippen LogP contribution in [0, 0.1) is 6.92 Å². The van der Waals surface area contributed by atoms with E-state index in [1.807, 2.05) is 50.2 Å². The van der Waals surface area contributed by atoms with Crippen molar-refractivity contribution in [1.82, 2.24) is 0 Å². The van der Waals surface area contributed by atoms with Gasteiger partial charge in [-0.3, -0.25) is 0 Å². The van der Waals surface area contributed by atoms with Crippen LogP contribution in [0.25, 0.3) is 0 Å². The number of nitrogens with one attached hydrogen (secondary N) is 1. The van der Waals surface area contributed by atoms with Gasteiger partial charge in [-0.25, -0.2) is 0 Å². The summed E-state index contributed by atoms with van der Waals surface area (Å²) in [6.07, 6.45) is 0. The zero-order chi connectivity index (χ0) is 13.8. The molecule has 0 saturated heterocycles. The van der Waals surface area contributed by atoms with E-state index in [1.54, 1.807) is 0 Å². The lowest BCUT2D eigenvalue weighted by molar-refractivity contribution is 0.342. The summed E-state index contributed by atoms with van der Waals surface area (Å²) in [7, 11) is 0. The van der Waals surface area contributed by atoms with E-state index in [0.29, 0.717) is 18.0 Å². The molecular weight excluding hydrogens is 260 g/mol. The highest BCUT2D eigenvalue weighted by atomic mass is 35.5. The lowest BCUT2D eigenvalue weighted by atomic mass is 10.2. The summed E-state index contributed by atoms with van der Waals surface area (Å²) in [5.74, 6) is 0.686. The van der Waals surface area contributed by atoms with Crippen molar-refractivity contribution in [2.45, 2.75) is 13.8 Å². The van der Waals surface area contributed by atoms with Gasteiger partial charge in [0.15, 0.2) is 0 Å². The van der Waals surface area contributed by atoms with Gasteiger partial charge in [0, 0.05) is 10.7 Å². The molecule has 2 aromatic carbocycles. The molecule has 0 radical (unpaired) electrons. The molecule has 2 aromatic rings. The number of nitrogen functional groups attached to an aromatic ring is 1. The second-order valence-electron chi connectivity index (χ2n) is 4.24. The molecule has 0 amide bonds. The largest absolute Gasteiger partial charge is 0.492 e. The molecule has 0 aromatic heterocycles. The van der Waals surface area contributed by atoms with Crippen molar-refractivity contribution in [2.24, 2.45) is 0 Å². The fraction of sp³-hybridized carbons (Fsp3) is 0.200. The molecule has 100 valence electrons. The third-order valence-electron chi connectivity index (χ3n) is 2.82. The highest BCUT2D eigenvalue weighted by Gasteiger charge is 2.06. The summed E-state index contributed by atoms with van der Waals surface area (Å²) in [5, 5.41) is 3.98. The van der Waals surface area contributed by atoms with Crippen molar-refractivity contribution in [3.63, 3.8) is 0 Å². The average Bonchev–Trinajstić information content (AvgIpc) is 2.39. The number of hydrogen-bond acceptors (Lipinski definition) is 3. The Balaban J connectivity index is 2.27. The molecule has 0 fully saturated rings. The summed E-state index contributed by atoms with van der Waals surface area (Å²) in [6, 6.07) is 11.5. The molecule has 0 aliphatic carbocycles. The molecule has 0 saturated carbocycles. The maximum Gasteiger partial charge on any atom is 0.144 e. The number of para-hydroxylation sites is 1. The van der Waals surface area contributed by atoms with Gasteiger partial charge in [0.25, 0.3) is 0 Å². The van der Waals surface area contributed by atoms with Crippen molar-refractivity contribution in [3.8, 4) is 5.75 Å². The van der Waals surface area contributed by atoms with E-state index in [0.717, 1.165) is 22.0 Å². The van der Waals surface area contributed by atoms with Gasteiger partial charge in [0.1, 0.15) is 5.75 Å². The van der Waals surface area contributed by atoms with E-state index >= 15 is 0 Å². The van der Waals surface area contributed by atoms with Gasteiger partial charge in [-0.15, -0.1) is 0 Å². The van der Waals surface area contributed by atoms with Gasteiger partial charge >= 0.3 is 0 Å². The summed E-state index contributed by atoms with van der Waals surface area (Å²) in [6.45, 7) is 4.49. The van der Waals surface area contributed by atoms with E-state index in [1.165, 1.54) is 0 Å². The third-order valence-corrected chi connectivity index (χ3v) is 3.22. The predicted molar refractivity (Wildman–Crippen MR) is 81.5 cm³/mol. The first-order chi connectivity index (χ1) is 9.11. The number of hydrogen-bond donors (Lipinski definition) is 2. The Morgan fingerprint density at radius 3 is 2.74 bits per heavy atom. The van der Waals surface area contributed by atoms with Gasteiger partial charge in [-0.05, 0) is 43.7 Å². The Hall–Kier alpha value is -1.87. The minimum absolute atomic E-state index is 0.587. The molecule has 0 unspecified atom stereocenters. The highest BCUT2D eigenvalue weighted by molar-refractivity contribution is 6.31. The maximum atomic E-state index is 6.10. The van der Waals surface area contributed by atoms with Crippen LogP contribution in [0.15, 0.2) is 36.4 Å². The van der Waals surface area contributed by atoms with Gasteiger partial charge < -0.3 is 15.8 Å². The van der Waals surface area contributed by atoms with Crippen LogP contribution in [0.2, 0.25) is 5.02 Å². The van der Waals surface area contributed by atoms with Crippen molar-refractivity contribution >= 4 is 28.7 Å². The van der Waals surface area contributed by atoms with E-state index in [2.05, 4.69) is 5.32 Å². The minimum atomic E-state index is 0.587. The Morgan fingerprint density at radius 2 is 2.05 bits per heavy atom. The van der Waals surface area contributed by atoms with E-state index in [4.69, 9.17) is 22.1 Å². The topological polar surface area (TPSA) is 47.3 Å². The maximum absolute atomic E-state index is 6.10. The first kappa shape index (κ1) is 13.6. The molecule has 0 aliphatic heterocycles. The van der Waals surface area contributed by atoms with Crippen molar-refractivity contribution in [2.75, 3.05) is 17.7 Å². The quantitative estimate of drug-likeness (QED) is 0.815. The molecule has 0 spiro atoms. The normalized spacial score (nSPS) is 10.3.